The number of quaternary nitrogens is 1. The van der Waals surface area contributed by atoms with E-state index in [1.54, 1.807) is 12.1 Å². The third-order valence-electron chi connectivity index (χ3n) is 4.01. The molecule has 0 bridgehead atoms. The van der Waals surface area contributed by atoms with Gasteiger partial charge in [-0.15, -0.1) is 11.3 Å². The van der Waals surface area contributed by atoms with Gasteiger partial charge in [-0.3, -0.25) is 4.79 Å². The van der Waals surface area contributed by atoms with E-state index in [-0.39, 0.29) is 5.91 Å². The first-order valence-corrected chi connectivity index (χ1v) is 8.97. The molecule has 0 radical (unpaired) electrons. The van der Waals surface area contributed by atoms with E-state index >= 15 is 0 Å². The Morgan fingerprint density at radius 2 is 2.04 bits per heavy atom. The second-order valence-corrected chi connectivity index (χ2v) is 6.54. The van der Waals surface area contributed by atoms with Crippen LogP contribution in [0, 0.1) is 0 Å². The van der Waals surface area contributed by atoms with Gasteiger partial charge in [-0.1, -0.05) is 6.07 Å². The Morgan fingerprint density at radius 1 is 1.29 bits per heavy atom. The van der Waals surface area contributed by atoms with Gasteiger partial charge in [0.1, 0.15) is 12.3 Å². The normalized spacial score (nSPS) is 11.8. The molecule has 0 spiro atoms. The van der Waals surface area contributed by atoms with Crippen LogP contribution in [-0.4, -0.2) is 29.8 Å². The van der Waals surface area contributed by atoms with Crippen molar-refractivity contribution in [3.8, 4) is 5.75 Å². The highest BCUT2D eigenvalue weighted by molar-refractivity contribution is 7.12. The number of thiophene rings is 1. The van der Waals surface area contributed by atoms with E-state index in [1.165, 1.54) is 16.2 Å². The SMILES string of the molecule is CC[NH+](CC)Cc1cc(/C(C)=N/NC(=O)c2cccs2)ccc1O. The van der Waals surface area contributed by atoms with Crippen molar-refractivity contribution in [2.45, 2.75) is 27.3 Å². The number of carbonyl (C=O) groups excluding carboxylic acids is 1. The topological polar surface area (TPSA) is 66.1 Å². The van der Waals surface area contributed by atoms with Crippen LogP contribution >= 0.6 is 11.3 Å². The Kier molecular flexibility index (Phi) is 6.52. The number of amides is 1. The molecule has 6 heteroatoms. The monoisotopic (exact) mass is 346 g/mol. The van der Waals surface area contributed by atoms with Crippen molar-refractivity contribution in [2.75, 3.05) is 13.1 Å². The average molecular weight is 346 g/mol. The summed E-state index contributed by atoms with van der Waals surface area (Å²) in [5.74, 6) is 0.0875. The highest BCUT2D eigenvalue weighted by Gasteiger charge is 2.11. The van der Waals surface area contributed by atoms with Crippen LogP contribution in [0.5, 0.6) is 5.75 Å². The molecule has 0 saturated carbocycles. The van der Waals surface area contributed by atoms with E-state index in [0.717, 1.165) is 30.8 Å². The first kappa shape index (κ1) is 18.2. The molecule has 1 heterocycles. The summed E-state index contributed by atoms with van der Waals surface area (Å²) in [7, 11) is 0. The van der Waals surface area contributed by atoms with Crippen LogP contribution in [0.2, 0.25) is 0 Å². The number of carbonyl (C=O) groups is 1. The van der Waals surface area contributed by atoms with Crippen molar-refractivity contribution < 1.29 is 14.8 Å². The molecule has 0 aliphatic heterocycles. The Morgan fingerprint density at radius 3 is 2.67 bits per heavy atom. The summed E-state index contributed by atoms with van der Waals surface area (Å²) in [6, 6.07) is 9.03. The largest absolute Gasteiger partial charge is 0.507 e. The van der Waals surface area contributed by atoms with Crippen LogP contribution in [0.1, 0.15) is 41.6 Å². The Hall–Kier alpha value is -2.18. The zero-order valence-electron chi connectivity index (χ0n) is 14.3. The van der Waals surface area contributed by atoms with E-state index in [1.807, 2.05) is 30.5 Å². The van der Waals surface area contributed by atoms with E-state index in [2.05, 4.69) is 24.4 Å². The summed E-state index contributed by atoms with van der Waals surface area (Å²) in [6.07, 6.45) is 0. The van der Waals surface area contributed by atoms with Gasteiger partial charge in [0.05, 0.1) is 23.7 Å². The quantitative estimate of drug-likeness (QED) is 0.530. The molecule has 0 atom stereocenters. The minimum atomic E-state index is -0.212. The third kappa shape index (κ3) is 4.66. The maximum atomic E-state index is 11.9. The van der Waals surface area contributed by atoms with Gasteiger partial charge in [-0.2, -0.15) is 5.10 Å². The molecular formula is C18H24N3O2S+. The number of nitrogens with zero attached hydrogens (tertiary/aromatic N) is 1. The Bertz CT molecular complexity index is 707. The molecule has 1 amide bonds. The molecule has 2 aromatic rings. The lowest BCUT2D eigenvalue weighted by Crippen LogP contribution is -3.10. The average Bonchev–Trinajstić information content (AvgIpc) is 3.13. The lowest BCUT2D eigenvalue weighted by Gasteiger charge is -2.16. The molecule has 0 aliphatic rings. The highest BCUT2D eigenvalue weighted by atomic mass is 32.1. The first-order valence-electron chi connectivity index (χ1n) is 8.09. The summed E-state index contributed by atoms with van der Waals surface area (Å²) in [6.45, 7) is 8.88. The highest BCUT2D eigenvalue weighted by Crippen LogP contribution is 2.18. The lowest BCUT2D eigenvalue weighted by molar-refractivity contribution is -0.910. The molecule has 0 fully saturated rings. The van der Waals surface area contributed by atoms with Gasteiger partial charge in [0, 0.05) is 5.56 Å². The maximum Gasteiger partial charge on any atom is 0.281 e. The number of rotatable bonds is 7. The summed E-state index contributed by atoms with van der Waals surface area (Å²) < 4.78 is 0. The molecule has 0 unspecified atom stereocenters. The van der Waals surface area contributed by atoms with Crippen LogP contribution in [0.15, 0.2) is 40.8 Å². The fraction of sp³-hybridized carbons (Fsp3) is 0.333. The number of hydrogen-bond donors (Lipinski definition) is 3. The van der Waals surface area contributed by atoms with Gasteiger partial charge in [-0.25, -0.2) is 5.43 Å². The number of phenols is 1. The molecule has 0 saturated heterocycles. The minimum Gasteiger partial charge on any atom is -0.507 e. The second-order valence-electron chi connectivity index (χ2n) is 5.59. The van der Waals surface area contributed by atoms with Crippen molar-refractivity contribution in [1.29, 1.82) is 0 Å². The number of phenolic OH excluding ortho intramolecular Hbond substituents is 1. The van der Waals surface area contributed by atoms with Crippen LogP contribution in [0.3, 0.4) is 0 Å². The smallest absolute Gasteiger partial charge is 0.281 e. The maximum absolute atomic E-state index is 11.9. The molecule has 24 heavy (non-hydrogen) atoms. The van der Waals surface area contributed by atoms with Crippen molar-refractivity contribution >= 4 is 23.0 Å². The van der Waals surface area contributed by atoms with Gasteiger partial charge < -0.3 is 10.0 Å². The summed E-state index contributed by atoms with van der Waals surface area (Å²) in [5.41, 5.74) is 5.06. The van der Waals surface area contributed by atoms with Gasteiger partial charge in [0.25, 0.3) is 5.91 Å². The summed E-state index contributed by atoms with van der Waals surface area (Å²) >= 11 is 1.38. The zero-order valence-corrected chi connectivity index (χ0v) is 15.1. The number of hydrogen-bond acceptors (Lipinski definition) is 4. The van der Waals surface area contributed by atoms with Gasteiger partial charge in [-0.05, 0) is 56.0 Å². The summed E-state index contributed by atoms with van der Waals surface area (Å²) in [4.78, 5) is 14.0. The first-order chi connectivity index (χ1) is 11.5. The minimum absolute atomic E-state index is 0.212. The van der Waals surface area contributed by atoms with Gasteiger partial charge in [0.2, 0.25) is 0 Å². The van der Waals surface area contributed by atoms with Crippen LogP contribution in [0.4, 0.5) is 0 Å². The lowest BCUT2D eigenvalue weighted by atomic mass is 10.1. The van der Waals surface area contributed by atoms with Gasteiger partial charge >= 0.3 is 0 Å². The number of aromatic hydroxyl groups is 1. The molecule has 1 aromatic carbocycles. The van der Waals surface area contributed by atoms with E-state index < -0.39 is 0 Å². The van der Waals surface area contributed by atoms with Crippen LogP contribution in [-0.2, 0) is 6.54 Å². The zero-order chi connectivity index (χ0) is 17.5. The fourth-order valence-electron chi connectivity index (χ4n) is 2.38. The van der Waals surface area contributed by atoms with Crippen molar-refractivity contribution in [1.82, 2.24) is 5.43 Å². The molecule has 2 rings (SSSR count). The summed E-state index contributed by atoms with van der Waals surface area (Å²) in [5, 5.41) is 16.1. The second kappa shape index (κ2) is 8.61. The predicted molar refractivity (Wildman–Crippen MR) is 97.9 cm³/mol. The predicted octanol–water partition coefficient (Wildman–Crippen LogP) is 2.03. The van der Waals surface area contributed by atoms with E-state index in [9.17, 15) is 9.90 Å². The van der Waals surface area contributed by atoms with E-state index in [0.29, 0.717) is 16.3 Å². The molecule has 128 valence electrons. The molecule has 1 aromatic heterocycles. The van der Waals surface area contributed by atoms with Crippen molar-refractivity contribution in [3.05, 3.63) is 51.7 Å². The fourth-order valence-corrected chi connectivity index (χ4v) is 3.00. The van der Waals surface area contributed by atoms with Crippen molar-refractivity contribution in [3.63, 3.8) is 0 Å². The standard InChI is InChI=1S/C18H23N3O2S/c1-4-21(5-2)12-15-11-14(8-9-16(15)22)13(3)19-20-18(23)17-7-6-10-24-17/h6-11,22H,4-5,12H2,1-3H3,(H,20,23)/p+1/b19-13+. The number of benzene rings is 1. The number of hydrazone groups is 1. The van der Waals surface area contributed by atoms with E-state index in [4.69, 9.17) is 0 Å². The number of nitrogens with one attached hydrogen (secondary N) is 2. The van der Waals surface area contributed by atoms with Crippen LogP contribution < -0.4 is 10.3 Å². The van der Waals surface area contributed by atoms with Crippen LogP contribution in [0.25, 0.3) is 0 Å². The molecular weight excluding hydrogens is 322 g/mol. The van der Waals surface area contributed by atoms with Crippen molar-refractivity contribution in [2.24, 2.45) is 5.10 Å². The Balaban J connectivity index is 2.12. The molecule has 0 aliphatic carbocycles. The van der Waals surface area contributed by atoms with Gasteiger partial charge in [0.15, 0.2) is 0 Å². The third-order valence-corrected chi connectivity index (χ3v) is 4.88. The molecule has 3 N–H and O–H groups in total. The Labute approximate surface area is 146 Å². The molecule has 5 nitrogen and oxygen atoms in total.